The molecular weight excluding hydrogens is 184 g/mol. The fourth-order valence-electron chi connectivity index (χ4n) is 1.37. The molecule has 1 aromatic heterocycles. The summed E-state index contributed by atoms with van der Waals surface area (Å²) in [5, 5.41) is 14.0. The van der Waals surface area contributed by atoms with Gasteiger partial charge in [-0.3, -0.25) is 0 Å². The van der Waals surface area contributed by atoms with Gasteiger partial charge in [-0.25, -0.2) is 0 Å². The molecule has 1 aliphatic rings. The summed E-state index contributed by atoms with van der Waals surface area (Å²) in [6, 6.07) is 4.33. The van der Waals surface area contributed by atoms with Crippen LogP contribution in [0.1, 0.15) is 16.5 Å². The molecule has 1 aromatic rings. The summed E-state index contributed by atoms with van der Waals surface area (Å²) in [5.41, 5.74) is 1.17. The maximum atomic E-state index is 8.66. The highest BCUT2D eigenvalue weighted by Crippen LogP contribution is 2.21. The molecule has 0 bridgehead atoms. The minimum atomic E-state index is 0.270. The molecule has 0 unspecified atom stereocenters. The number of nitrogens with one attached hydrogen (secondary N) is 1. The van der Waals surface area contributed by atoms with Gasteiger partial charge in [0, 0.05) is 6.54 Å². The van der Waals surface area contributed by atoms with Crippen LogP contribution in [-0.2, 0) is 4.74 Å². The molecule has 0 spiro atoms. The Balaban J connectivity index is 2.11. The van der Waals surface area contributed by atoms with Gasteiger partial charge in [0.15, 0.2) is 0 Å². The van der Waals surface area contributed by atoms with Crippen LogP contribution < -0.4 is 5.32 Å². The summed E-state index contributed by atoms with van der Waals surface area (Å²) in [6.45, 7) is 2.38. The first kappa shape index (κ1) is 8.70. The van der Waals surface area contributed by atoms with Crippen LogP contribution in [0.25, 0.3) is 0 Å². The average Bonchev–Trinajstić information content (AvgIpc) is 2.67. The van der Waals surface area contributed by atoms with Gasteiger partial charge in [-0.2, -0.15) is 5.26 Å². The number of rotatable bonds is 1. The molecule has 1 saturated heterocycles. The Labute approximate surface area is 80.9 Å². The van der Waals surface area contributed by atoms with E-state index in [0.717, 1.165) is 18.0 Å². The molecule has 0 amide bonds. The smallest absolute Gasteiger partial charge is 0.110 e. The Morgan fingerprint density at radius 2 is 2.62 bits per heavy atom. The number of ether oxygens (including phenoxy) is 1. The van der Waals surface area contributed by atoms with E-state index in [2.05, 4.69) is 11.4 Å². The molecule has 2 heterocycles. The summed E-state index contributed by atoms with van der Waals surface area (Å²) in [5.74, 6) is 0. The topological polar surface area (TPSA) is 45.0 Å². The monoisotopic (exact) mass is 194 g/mol. The van der Waals surface area contributed by atoms with E-state index in [4.69, 9.17) is 10.00 Å². The predicted octanol–water partition coefficient (Wildman–Crippen LogP) is 1.28. The Kier molecular flexibility index (Phi) is 2.60. The van der Waals surface area contributed by atoms with E-state index >= 15 is 0 Å². The third-order valence-electron chi connectivity index (χ3n) is 2.05. The normalized spacial score (nSPS) is 22.5. The minimum Gasteiger partial charge on any atom is -0.378 e. The molecule has 0 saturated carbocycles. The Morgan fingerprint density at radius 3 is 3.23 bits per heavy atom. The third-order valence-corrected chi connectivity index (χ3v) is 2.91. The predicted molar refractivity (Wildman–Crippen MR) is 50.6 cm³/mol. The van der Waals surface area contributed by atoms with Gasteiger partial charge in [0.1, 0.15) is 10.9 Å². The number of nitrogens with zero attached hydrogens (tertiary/aromatic N) is 1. The number of hydrogen-bond acceptors (Lipinski definition) is 4. The van der Waals surface area contributed by atoms with E-state index in [1.807, 2.05) is 11.4 Å². The molecule has 1 fully saturated rings. The number of nitriles is 1. The van der Waals surface area contributed by atoms with Gasteiger partial charge in [0.05, 0.1) is 19.3 Å². The van der Waals surface area contributed by atoms with Crippen LogP contribution in [0.2, 0.25) is 0 Å². The number of thiophene rings is 1. The largest absolute Gasteiger partial charge is 0.378 e. The maximum absolute atomic E-state index is 8.66. The zero-order chi connectivity index (χ0) is 9.10. The zero-order valence-electron chi connectivity index (χ0n) is 7.12. The van der Waals surface area contributed by atoms with Crippen LogP contribution in [-0.4, -0.2) is 19.8 Å². The molecule has 1 atom stereocenters. The highest BCUT2D eigenvalue weighted by atomic mass is 32.1. The molecule has 68 valence electrons. The van der Waals surface area contributed by atoms with Gasteiger partial charge < -0.3 is 10.1 Å². The van der Waals surface area contributed by atoms with Crippen LogP contribution in [0.5, 0.6) is 0 Å². The minimum absolute atomic E-state index is 0.270. The summed E-state index contributed by atoms with van der Waals surface area (Å²) in [6.07, 6.45) is 0. The van der Waals surface area contributed by atoms with E-state index < -0.39 is 0 Å². The van der Waals surface area contributed by atoms with Crippen molar-refractivity contribution in [2.24, 2.45) is 0 Å². The van der Waals surface area contributed by atoms with Crippen LogP contribution in [0.15, 0.2) is 11.4 Å². The quantitative estimate of drug-likeness (QED) is 0.732. The molecule has 1 aliphatic heterocycles. The van der Waals surface area contributed by atoms with Crippen LogP contribution in [0.4, 0.5) is 0 Å². The molecule has 0 radical (unpaired) electrons. The van der Waals surface area contributed by atoms with Crippen LogP contribution in [0.3, 0.4) is 0 Å². The van der Waals surface area contributed by atoms with Gasteiger partial charge in [0.2, 0.25) is 0 Å². The second-order valence-electron chi connectivity index (χ2n) is 2.94. The summed E-state index contributed by atoms with van der Waals surface area (Å²) in [7, 11) is 0. The standard InChI is InChI=1S/C9H10N2OS/c10-4-8-3-7(6-13-8)9-5-12-2-1-11-9/h3,6,9,11H,1-2,5H2/t9-/m0/s1. The van der Waals surface area contributed by atoms with E-state index in [1.165, 1.54) is 16.9 Å². The lowest BCUT2D eigenvalue weighted by Gasteiger charge is -2.22. The fourth-order valence-corrected chi connectivity index (χ4v) is 2.12. The molecule has 2 rings (SSSR count). The van der Waals surface area contributed by atoms with Gasteiger partial charge in [-0.05, 0) is 17.0 Å². The zero-order valence-corrected chi connectivity index (χ0v) is 7.93. The molecular formula is C9H10N2OS. The Hall–Kier alpha value is -0.890. The van der Waals surface area contributed by atoms with E-state index in [0.29, 0.717) is 6.61 Å². The molecule has 0 aliphatic carbocycles. The maximum Gasteiger partial charge on any atom is 0.110 e. The second kappa shape index (κ2) is 3.88. The van der Waals surface area contributed by atoms with E-state index in [1.54, 1.807) is 0 Å². The molecule has 3 nitrogen and oxygen atoms in total. The highest BCUT2D eigenvalue weighted by Gasteiger charge is 2.16. The van der Waals surface area contributed by atoms with Crippen molar-refractivity contribution in [3.8, 4) is 6.07 Å². The van der Waals surface area contributed by atoms with Crippen molar-refractivity contribution < 1.29 is 4.74 Å². The summed E-state index contributed by atoms with van der Waals surface area (Å²) in [4.78, 5) is 0.766. The van der Waals surface area contributed by atoms with Gasteiger partial charge in [0.25, 0.3) is 0 Å². The van der Waals surface area contributed by atoms with Gasteiger partial charge >= 0.3 is 0 Å². The molecule has 13 heavy (non-hydrogen) atoms. The SMILES string of the molecule is N#Cc1cc([C@@H]2COCCN2)cs1. The molecule has 0 aromatic carbocycles. The lowest BCUT2D eigenvalue weighted by Crippen LogP contribution is -2.34. The lowest BCUT2D eigenvalue weighted by atomic mass is 10.1. The Morgan fingerprint density at radius 1 is 1.69 bits per heavy atom. The van der Waals surface area contributed by atoms with Crippen molar-refractivity contribution in [2.45, 2.75) is 6.04 Å². The van der Waals surface area contributed by atoms with Crippen molar-refractivity contribution in [3.05, 3.63) is 21.9 Å². The van der Waals surface area contributed by atoms with Crippen molar-refractivity contribution in [3.63, 3.8) is 0 Å². The molecule has 1 N–H and O–H groups in total. The first-order chi connectivity index (χ1) is 6.40. The number of hydrogen-bond donors (Lipinski definition) is 1. The second-order valence-corrected chi connectivity index (χ2v) is 3.85. The fraction of sp³-hybridized carbons (Fsp3) is 0.444. The lowest BCUT2D eigenvalue weighted by molar-refractivity contribution is 0.0770. The van der Waals surface area contributed by atoms with Crippen molar-refractivity contribution in [2.75, 3.05) is 19.8 Å². The van der Waals surface area contributed by atoms with E-state index in [-0.39, 0.29) is 6.04 Å². The summed E-state index contributed by atoms with van der Waals surface area (Å²) < 4.78 is 5.34. The van der Waals surface area contributed by atoms with Gasteiger partial charge in [-0.15, -0.1) is 11.3 Å². The first-order valence-corrected chi connectivity index (χ1v) is 5.08. The first-order valence-electron chi connectivity index (χ1n) is 4.20. The van der Waals surface area contributed by atoms with Crippen LogP contribution in [0, 0.1) is 11.3 Å². The summed E-state index contributed by atoms with van der Waals surface area (Å²) >= 11 is 1.49. The number of morpholine rings is 1. The third kappa shape index (κ3) is 1.89. The Bertz CT molecular complexity index is 323. The van der Waals surface area contributed by atoms with Crippen molar-refractivity contribution >= 4 is 11.3 Å². The van der Waals surface area contributed by atoms with Crippen molar-refractivity contribution in [1.29, 1.82) is 5.26 Å². The van der Waals surface area contributed by atoms with Crippen molar-refractivity contribution in [1.82, 2.24) is 5.32 Å². The van der Waals surface area contributed by atoms with Gasteiger partial charge in [-0.1, -0.05) is 0 Å². The van der Waals surface area contributed by atoms with Crippen LogP contribution >= 0.6 is 11.3 Å². The van der Waals surface area contributed by atoms with E-state index in [9.17, 15) is 0 Å². The highest BCUT2D eigenvalue weighted by molar-refractivity contribution is 7.10. The average molecular weight is 194 g/mol. The molecule has 4 heteroatoms.